The third-order valence-corrected chi connectivity index (χ3v) is 5.41. The van der Waals surface area contributed by atoms with Gasteiger partial charge in [-0.3, -0.25) is 9.59 Å². The summed E-state index contributed by atoms with van der Waals surface area (Å²) in [4.78, 5) is 37.7. The van der Waals surface area contributed by atoms with Crippen LogP contribution in [-0.4, -0.2) is 64.6 Å². The molecule has 33 heavy (non-hydrogen) atoms. The van der Waals surface area contributed by atoms with Crippen molar-refractivity contribution in [2.24, 2.45) is 17.8 Å². The van der Waals surface area contributed by atoms with Crippen LogP contribution in [0.1, 0.15) is 81.6 Å². The minimum atomic E-state index is -1.12. The average molecular weight is 474 g/mol. The number of hydrogen-bond acceptors (Lipinski definition) is 6. The van der Waals surface area contributed by atoms with E-state index in [4.69, 9.17) is 4.74 Å². The van der Waals surface area contributed by atoms with E-state index >= 15 is 0 Å². The quantitative estimate of drug-likeness (QED) is 0.278. The second-order valence-corrected chi connectivity index (χ2v) is 10.6. The van der Waals surface area contributed by atoms with Gasteiger partial charge in [0.05, 0.1) is 31.2 Å². The first-order chi connectivity index (χ1) is 15.1. The van der Waals surface area contributed by atoms with E-state index in [9.17, 15) is 24.6 Å². The third-order valence-electron chi connectivity index (χ3n) is 5.41. The van der Waals surface area contributed by atoms with Gasteiger partial charge in [0.15, 0.2) is 0 Å². The number of alkyl carbamates (subject to hydrolysis) is 1. The molecule has 5 N–H and O–H groups in total. The maximum absolute atomic E-state index is 13.0. The van der Waals surface area contributed by atoms with Crippen LogP contribution in [0.25, 0.3) is 0 Å². The van der Waals surface area contributed by atoms with Crippen molar-refractivity contribution in [2.45, 2.75) is 111 Å². The lowest BCUT2D eigenvalue weighted by Gasteiger charge is -2.30. The van der Waals surface area contributed by atoms with Crippen molar-refractivity contribution in [3.05, 3.63) is 0 Å². The van der Waals surface area contributed by atoms with E-state index in [0.29, 0.717) is 6.42 Å². The summed E-state index contributed by atoms with van der Waals surface area (Å²) >= 11 is 0. The van der Waals surface area contributed by atoms with Gasteiger partial charge in [-0.15, -0.1) is 0 Å². The molecule has 0 bridgehead atoms. The van der Waals surface area contributed by atoms with Crippen LogP contribution < -0.4 is 16.0 Å². The zero-order valence-electron chi connectivity index (χ0n) is 21.9. The number of aliphatic hydroxyl groups excluding tert-OH is 2. The molecule has 0 fully saturated rings. The standard InChI is InChI=1S/C24H47N3O6/c1-10-16(6)18(13-28)25-20(30)12-19(29)17(11-14(2)3)26-22(31)21(15(4)5)27-23(32)33-24(7,8)9/h14-19,21,28-29H,10-13H2,1-9H3,(H,25,30)(H,26,31)(H,27,32)/t16?,17?,18-,19?,21+/m1/s1. The van der Waals surface area contributed by atoms with Gasteiger partial charge in [-0.25, -0.2) is 4.79 Å². The van der Waals surface area contributed by atoms with Crippen molar-refractivity contribution >= 4 is 17.9 Å². The zero-order chi connectivity index (χ0) is 25.9. The lowest BCUT2D eigenvalue weighted by Crippen LogP contribution is -2.55. The summed E-state index contributed by atoms with van der Waals surface area (Å²) in [6.07, 6.45) is -0.789. The van der Waals surface area contributed by atoms with Gasteiger partial charge in [-0.1, -0.05) is 48.0 Å². The van der Waals surface area contributed by atoms with Gasteiger partial charge in [0.1, 0.15) is 11.6 Å². The molecule has 0 aliphatic heterocycles. The molecule has 0 aliphatic carbocycles. The maximum atomic E-state index is 13.0. The molecule has 194 valence electrons. The van der Waals surface area contributed by atoms with Gasteiger partial charge in [0.25, 0.3) is 0 Å². The fourth-order valence-electron chi connectivity index (χ4n) is 3.31. The molecular formula is C24H47N3O6. The zero-order valence-corrected chi connectivity index (χ0v) is 21.9. The molecule has 0 heterocycles. The van der Waals surface area contributed by atoms with Crippen LogP contribution in [-0.2, 0) is 14.3 Å². The lowest BCUT2D eigenvalue weighted by atomic mass is 9.95. The van der Waals surface area contributed by atoms with E-state index < -0.39 is 47.7 Å². The number of amides is 3. The summed E-state index contributed by atoms with van der Waals surface area (Å²) in [5.74, 6) is -0.827. The summed E-state index contributed by atoms with van der Waals surface area (Å²) in [5.41, 5.74) is -0.701. The molecule has 0 rings (SSSR count). The first-order valence-electron chi connectivity index (χ1n) is 12.0. The summed E-state index contributed by atoms with van der Waals surface area (Å²) in [7, 11) is 0. The fourth-order valence-corrected chi connectivity index (χ4v) is 3.31. The molecule has 0 aromatic carbocycles. The number of hydrogen-bond donors (Lipinski definition) is 5. The van der Waals surface area contributed by atoms with Crippen LogP contribution in [0.3, 0.4) is 0 Å². The van der Waals surface area contributed by atoms with E-state index in [1.165, 1.54) is 0 Å². The normalized spacial score (nSPS) is 16.5. The van der Waals surface area contributed by atoms with Crippen molar-refractivity contribution in [3.63, 3.8) is 0 Å². The van der Waals surface area contributed by atoms with E-state index in [0.717, 1.165) is 6.42 Å². The minimum Gasteiger partial charge on any atom is -0.444 e. The van der Waals surface area contributed by atoms with Crippen molar-refractivity contribution < 1.29 is 29.3 Å². The Labute approximate surface area is 199 Å². The Hall–Kier alpha value is -1.87. The Bertz CT molecular complexity index is 618. The first kappa shape index (κ1) is 31.1. The molecule has 5 atom stereocenters. The second-order valence-electron chi connectivity index (χ2n) is 10.6. The van der Waals surface area contributed by atoms with Gasteiger partial charge >= 0.3 is 6.09 Å². The van der Waals surface area contributed by atoms with Crippen molar-refractivity contribution in [1.82, 2.24) is 16.0 Å². The molecule has 3 amide bonds. The van der Waals surface area contributed by atoms with E-state index in [1.807, 2.05) is 27.7 Å². The summed E-state index contributed by atoms with van der Waals surface area (Å²) in [5, 5.41) is 28.5. The number of rotatable bonds is 13. The molecule has 0 aromatic rings. The van der Waals surface area contributed by atoms with Crippen LogP contribution in [0.15, 0.2) is 0 Å². The van der Waals surface area contributed by atoms with Crippen molar-refractivity contribution in [1.29, 1.82) is 0 Å². The lowest BCUT2D eigenvalue weighted by molar-refractivity contribution is -0.128. The largest absolute Gasteiger partial charge is 0.444 e. The van der Waals surface area contributed by atoms with Crippen LogP contribution in [0.5, 0.6) is 0 Å². The Morgan fingerprint density at radius 1 is 0.939 bits per heavy atom. The number of ether oxygens (including phenoxy) is 1. The highest BCUT2D eigenvalue weighted by molar-refractivity contribution is 5.86. The summed E-state index contributed by atoms with van der Waals surface area (Å²) < 4.78 is 5.26. The highest BCUT2D eigenvalue weighted by atomic mass is 16.6. The van der Waals surface area contributed by atoms with Crippen LogP contribution in [0.2, 0.25) is 0 Å². The van der Waals surface area contributed by atoms with Crippen molar-refractivity contribution in [3.8, 4) is 0 Å². The minimum absolute atomic E-state index is 0.0907. The molecule has 3 unspecified atom stereocenters. The molecule has 0 aromatic heterocycles. The van der Waals surface area contributed by atoms with Gasteiger partial charge in [-0.05, 0) is 44.9 Å². The van der Waals surface area contributed by atoms with E-state index in [1.54, 1.807) is 34.6 Å². The molecular weight excluding hydrogens is 426 g/mol. The van der Waals surface area contributed by atoms with Gasteiger partial charge in [0, 0.05) is 0 Å². The Morgan fingerprint density at radius 3 is 1.94 bits per heavy atom. The summed E-state index contributed by atoms with van der Waals surface area (Å²) in [6.45, 7) is 16.4. The van der Waals surface area contributed by atoms with Gasteiger partial charge in [-0.2, -0.15) is 0 Å². The first-order valence-corrected chi connectivity index (χ1v) is 12.0. The molecule has 0 radical (unpaired) electrons. The van der Waals surface area contributed by atoms with Crippen LogP contribution >= 0.6 is 0 Å². The molecule has 0 aliphatic rings. The summed E-state index contributed by atoms with van der Waals surface area (Å²) in [6, 6.07) is -1.93. The number of nitrogens with one attached hydrogen (secondary N) is 3. The predicted octanol–water partition coefficient (Wildman–Crippen LogP) is 2.34. The highest BCUT2D eigenvalue weighted by Gasteiger charge is 2.31. The molecule has 0 saturated heterocycles. The fraction of sp³-hybridized carbons (Fsp3) is 0.875. The van der Waals surface area contributed by atoms with Crippen LogP contribution in [0.4, 0.5) is 4.79 Å². The van der Waals surface area contributed by atoms with Gasteiger partial charge in [0.2, 0.25) is 11.8 Å². The highest BCUT2D eigenvalue weighted by Crippen LogP contribution is 2.14. The van der Waals surface area contributed by atoms with Crippen LogP contribution in [0, 0.1) is 17.8 Å². The number of carbonyl (C=O) groups is 3. The Balaban J connectivity index is 5.28. The third kappa shape index (κ3) is 12.8. The molecule has 0 saturated carbocycles. The average Bonchev–Trinajstić information content (AvgIpc) is 2.66. The maximum Gasteiger partial charge on any atom is 0.408 e. The van der Waals surface area contributed by atoms with Gasteiger partial charge < -0.3 is 30.9 Å². The second kappa shape index (κ2) is 14.4. The van der Waals surface area contributed by atoms with Crippen molar-refractivity contribution in [2.75, 3.05) is 6.61 Å². The monoisotopic (exact) mass is 473 g/mol. The molecule has 0 spiro atoms. The molecule has 9 heteroatoms. The number of aliphatic hydroxyl groups is 2. The van der Waals surface area contributed by atoms with E-state index in [2.05, 4.69) is 16.0 Å². The van der Waals surface area contributed by atoms with E-state index in [-0.39, 0.29) is 30.8 Å². The molecule has 9 nitrogen and oxygen atoms in total. The number of carbonyl (C=O) groups excluding carboxylic acids is 3. The topological polar surface area (TPSA) is 137 Å². The smallest absolute Gasteiger partial charge is 0.408 e. The Kier molecular flexibility index (Phi) is 13.6. The Morgan fingerprint density at radius 2 is 1.52 bits per heavy atom. The SMILES string of the molecule is CCC(C)[C@@H](CO)NC(=O)CC(O)C(CC(C)C)NC(=O)[C@@H](NC(=O)OC(C)(C)C)C(C)C. The predicted molar refractivity (Wildman–Crippen MR) is 128 cm³/mol.